The third-order valence-corrected chi connectivity index (χ3v) is 6.23. The van der Waals surface area contributed by atoms with Crippen LogP contribution in [0, 0.1) is 0 Å². The van der Waals surface area contributed by atoms with Crippen LogP contribution in [0.2, 0.25) is 0 Å². The maximum atomic E-state index is 12.7. The molecule has 166 valence electrons. The van der Waals surface area contributed by atoms with Gasteiger partial charge in [-0.25, -0.2) is 0 Å². The first-order chi connectivity index (χ1) is 14.9. The number of alkyl halides is 3. The molecule has 0 spiro atoms. The molecule has 1 aromatic carbocycles. The van der Waals surface area contributed by atoms with Gasteiger partial charge >= 0.3 is 6.18 Å². The van der Waals surface area contributed by atoms with Gasteiger partial charge in [0.05, 0.1) is 18.1 Å². The predicted octanol–water partition coefficient (Wildman–Crippen LogP) is 4.97. The lowest BCUT2D eigenvalue weighted by Crippen LogP contribution is -2.39. The molecule has 0 N–H and O–H groups in total. The molecule has 0 bridgehead atoms. The van der Waals surface area contributed by atoms with Crippen LogP contribution in [0.4, 0.5) is 13.2 Å². The zero-order chi connectivity index (χ0) is 21.8. The average Bonchev–Trinajstić information content (AvgIpc) is 3.27. The summed E-state index contributed by atoms with van der Waals surface area (Å²) in [4.78, 5) is 19.0. The van der Waals surface area contributed by atoms with E-state index in [1.165, 1.54) is 12.1 Å². The molecule has 0 aliphatic carbocycles. The summed E-state index contributed by atoms with van der Waals surface area (Å²) in [7, 11) is 0. The lowest BCUT2D eigenvalue weighted by molar-refractivity contribution is -0.137. The molecule has 7 heteroatoms. The largest absolute Gasteiger partial charge is 0.416 e. The quantitative estimate of drug-likeness (QED) is 0.670. The van der Waals surface area contributed by atoms with Crippen molar-refractivity contribution >= 4 is 5.91 Å². The van der Waals surface area contributed by atoms with Crippen LogP contribution in [0.15, 0.2) is 42.6 Å². The van der Waals surface area contributed by atoms with Gasteiger partial charge in [0.1, 0.15) is 0 Å². The van der Waals surface area contributed by atoms with Crippen molar-refractivity contribution in [3.8, 4) is 0 Å². The van der Waals surface area contributed by atoms with E-state index in [4.69, 9.17) is 4.74 Å². The summed E-state index contributed by atoms with van der Waals surface area (Å²) >= 11 is 0. The number of benzene rings is 1. The first-order valence-electron chi connectivity index (χ1n) is 10.9. The summed E-state index contributed by atoms with van der Waals surface area (Å²) in [5, 5.41) is 0. The highest BCUT2D eigenvalue weighted by atomic mass is 19.4. The number of nitrogens with zero attached hydrogens (tertiary/aromatic N) is 2. The van der Waals surface area contributed by atoms with Gasteiger partial charge in [0.25, 0.3) is 0 Å². The highest BCUT2D eigenvalue weighted by Gasteiger charge is 2.30. The molecule has 4 nitrogen and oxygen atoms in total. The van der Waals surface area contributed by atoms with Gasteiger partial charge in [-0.15, -0.1) is 0 Å². The van der Waals surface area contributed by atoms with Crippen LogP contribution < -0.4 is 0 Å². The van der Waals surface area contributed by atoms with Gasteiger partial charge < -0.3 is 9.64 Å². The minimum Gasteiger partial charge on any atom is -0.378 e. The summed E-state index contributed by atoms with van der Waals surface area (Å²) in [6.45, 7) is 2.25. The predicted molar refractivity (Wildman–Crippen MR) is 111 cm³/mol. The number of pyridine rings is 1. The normalized spacial score (nSPS) is 20.2. The first kappa shape index (κ1) is 21.8. The fourth-order valence-electron chi connectivity index (χ4n) is 4.38. The highest BCUT2D eigenvalue weighted by Crippen LogP contribution is 2.30. The van der Waals surface area contributed by atoms with E-state index in [-0.39, 0.29) is 12.0 Å². The summed E-state index contributed by atoms with van der Waals surface area (Å²) in [5.74, 6) is 0.511. The molecule has 1 unspecified atom stereocenters. The van der Waals surface area contributed by atoms with Crippen molar-refractivity contribution in [2.24, 2.45) is 0 Å². The van der Waals surface area contributed by atoms with Crippen LogP contribution in [0.1, 0.15) is 60.4 Å². The fraction of sp³-hybridized carbons (Fsp3) is 0.500. The molecule has 2 aromatic rings. The highest BCUT2D eigenvalue weighted by molar-refractivity contribution is 5.76. The number of halogens is 3. The second-order valence-corrected chi connectivity index (χ2v) is 8.46. The van der Waals surface area contributed by atoms with Gasteiger partial charge in [-0.1, -0.05) is 18.2 Å². The van der Waals surface area contributed by atoms with Gasteiger partial charge in [0.2, 0.25) is 5.91 Å². The van der Waals surface area contributed by atoms with Crippen molar-refractivity contribution < 1.29 is 22.7 Å². The molecule has 1 atom stereocenters. The second kappa shape index (κ2) is 9.39. The Hall–Kier alpha value is -2.41. The summed E-state index contributed by atoms with van der Waals surface area (Å²) in [6, 6.07) is 9.26. The Bertz CT molecular complexity index is 867. The molecular weight excluding hydrogens is 405 g/mol. The molecule has 31 heavy (non-hydrogen) atoms. The Morgan fingerprint density at radius 2 is 1.74 bits per heavy atom. The minimum atomic E-state index is -4.31. The number of amides is 1. The summed E-state index contributed by atoms with van der Waals surface area (Å²) in [5.41, 5.74) is 2.17. The van der Waals surface area contributed by atoms with E-state index in [9.17, 15) is 18.0 Å². The molecule has 2 aliphatic heterocycles. The van der Waals surface area contributed by atoms with Gasteiger partial charge in [-0.2, -0.15) is 13.2 Å². The monoisotopic (exact) mass is 432 g/mol. The lowest BCUT2D eigenvalue weighted by atomic mass is 9.92. The maximum absolute atomic E-state index is 12.7. The molecule has 2 fully saturated rings. The van der Waals surface area contributed by atoms with E-state index in [0.717, 1.165) is 74.3 Å². The number of rotatable bonds is 5. The van der Waals surface area contributed by atoms with E-state index >= 15 is 0 Å². The molecular formula is C24H27F3N2O2. The van der Waals surface area contributed by atoms with Crippen molar-refractivity contribution in [2.75, 3.05) is 19.7 Å². The zero-order valence-corrected chi connectivity index (χ0v) is 17.4. The second-order valence-electron chi connectivity index (χ2n) is 8.46. The van der Waals surface area contributed by atoms with E-state index in [2.05, 4.69) is 4.98 Å². The first-order valence-corrected chi connectivity index (χ1v) is 10.9. The smallest absolute Gasteiger partial charge is 0.378 e. The average molecular weight is 432 g/mol. The van der Waals surface area contributed by atoms with Gasteiger partial charge in [0.15, 0.2) is 0 Å². The van der Waals surface area contributed by atoms with Crippen LogP contribution in [-0.4, -0.2) is 41.6 Å². The van der Waals surface area contributed by atoms with Crippen molar-refractivity contribution in [3.05, 3.63) is 65.0 Å². The number of hydrogen-bond acceptors (Lipinski definition) is 3. The van der Waals surface area contributed by atoms with Crippen molar-refractivity contribution in [3.63, 3.8) is 0 Å². The number of carbonyl (C=O) groups excluding carboxylic acids is 1. The van der Waals surface area contributed by atoms with E-state index in [1.807, 2.05) is 23.2 Å². The van der Waals surface area contributed by atoms with E-state index in [1.54, 1.807) is 0 Å². The molecule has 2 aliphatic rings. The molecule has 0 saturated carbocycles. The van der Waals surface area contributed by atoms with E-state index < -0.39 is 11.7 Å². The zero-order valence-electron chi connectivity index (χ0n) is 17.4. The summed E-state index contributed by atoms with van der Waals surface area (Å²) < 4.78 is 43.6. The number of likely N-dealkylation sites (tertiary alicyclic amines) is 1. The van der Waals surface area contributed by atoms with Crippen molar-refractivity contribution in [2.45, 2.75) is 56.7 Å². The van der Waals surface area contributed by atoms with Crippen molar-refractivity contribution in [1.29, 1.82) is 0 Å². The molecule has 1 amide bonds. The lowest BCUT2D eigenvalue weighted by Gasteiger charge is -2.32. The van der Waals surface area contributed by atoms with Crippen LogP contribution in [0.5, 0.6) is 0 Å². The van der Waals surface area contributed by atoms with Gasteiger partial charge in [0, 0.05) is 37.5 Å². The molecule has 4 rings (SSSR count). The number of piperidine rings is 1. The maximum Gasteiger partial charge on any atom is 0.416 e. The van der Waals surface area contributed by atoms with E-state index in [0.29, 0.717) is 18.8 Å². The minimum absolute atomic E-state index is 0.0871. The fourth-order valence-corrected chi connectivity index (χ4v) is 4.38. The number of hydrogen-bond donors (Lipinski definition) is 0. The molecule has 0 radical (unpaired) electrons. The van der Waals surface area contributed by atoms with Crippen LogP contribution in [0.3, 0.4) is 0 Å². The molecule has 1 aromatic heterocycles. The Kier molecular flexibility index (Phi) is 6.60. The third kappa shape index (κ3) is 5.64. The Labute approximate surface area is 180 Å². The Morgan fingerprint density at radius 1 is 1.03 bits per heavy atom. The van der Waals surface area contributed by atoms with Gasteiger partial charge in [-0.05, 0) is 61.4 Å². The Morgan fingerprint density at radius 3 is 2.32 bits per heavy atom. The van der Waals surface area contributed by atoms with Crippen LogP contribution in [-0.2, 0) is 22.1 Å². The SMILES string of the molecule is O=C(CC1CCCO1)N1CCC(c2ccc(Cc3ccc(C(F)(F)F)cc3)cn2)CC1. The van der Waals surface area contributed by atoms with Gasteiger partial charge in [-0.3, -0.25) is 9.78 Å². The van der Waals surface area contributed by atoms with Crippen LogP contribution >= 0.6 is 0 Å². The Balaban J connectivity index is 1.28. The standard InChI is InChI=1S/C24H27F3N2O2/c25-24(26,27)20-6-3-17(4-7-20)14-18-5-8-22(28-16-18)19-9-11-29(12-10-19)23(30)15-21-2-1-13-31-21/h3-8,16,19,21H,1-2,9-15H2. The van der Waals surface area contributed by atoms with Crippen LogP contribution in [0.25, 0.3) is 0 Å². The number of carbonyl (C=O) groups is 1. The topological polar surface area (TPSA) is 42.4 Å². The number of ether oxygens (including phenoxy) is 1. The van der Waals surface area contributed by atoms with Crippen molar-refractivity contribution in [1.82, 2.24) is 9.88 Å². The summed E-state index contributed by atoms with van der Waals surface area (Å²) in [6.07, 6.45) is 2.41. The number of aromatic nitrogens is 1. The molecule has 2 saturated heterocycles. The molecule has 3 heterocycles. The third-order valence-electron chi connectivity index (χ3n) is 6.23.